The van der Waals surface area contributed by atoms with Crippen LogP contribution in [0.4, 0.5) is 5.13 Å². The van der Waals surface area contributed by atoms with E-state index in [0.717, 1.165) is 18.5 Å². The van der Waals surface area contributed by atoms with Gasteiger partial charge in [0.15, 0.2) is 5.13 Å². The van der Waals surface area contributed by atoms with Gasteiger partial charge < -0.3 is 9.52 Å². The molecule has 0 bridgehead atoms. The summed E-state index contributed by atoms with van der Waals surface area (Å²) in [6.45, 7) is 1.21. The van der Waals surface area contributed by atoms with Gasteiger partial charge in [-0.25, -0.2) is 13.4 Å². The maximum atomic E-state index is 12.3. The molecular weight excluding hydrogens is 300 g/mol. The monoisotopic (exact) mass is 314 g/mol. The van der Waals surface area contributed by atoms with E-state index in [-0.39, 0.29) is 23.0 Å². The van der Waals surface area contributed by atoms with Crippen LogP contribution < -0.4 is 4.72 Å². The van der Waals surface area contributed by atoms with E-state index in [1.54, 1.807) is 6.92 Å². The molecule has 1 aliphatic carbocycles. The molecule has 6 nitrogen and oxygen atoms in total. The Morgan fingerprint density at radius 3 is 2.90 bits per heavy atom. The fourth-order valence-corrected chi connectivity index (χ4v) is 4.19. The molecule has 2 heterocycles. The van der Waals surface area contributed by atoms with Gasteiger partial charge in [-0.1, -0.05) is 0 Å². The summed E-state index contributed by atoms with van der Waals surface area (Å²) in [6.07, 6.45) is 2.24. The second-order valence-electron chi connectivity index (χ2n) is 4.75. The van der Waals surface area contributed by atoms with Crippen molar-refractivity contribution in [3.63, 3.8) is 0 Å². The summed E-state index contributed by atoms with van der Waals surface area (Å²) in [5.41, 5.74) is 0.952. The number of rotatable bonds is 5. The van der Waals surface area contributed by atoms with Crippen molar-refractivity contribution in [3.8, 4) is 0 Å². The van der Waals surface area contributed by atoms with Gasteiger partial charge in [-0.2, -0.15) is 0 Å². The first-order valence-electron chi connectivity index (χ1n) is 6.18. The Bertz CT molecular complexity index is 728. The maximum absolute atomic E-state index is 12.3. The van der Waals surface area contributed by atoms with Crippen LogP contribution in [0.15, 0.2) is 20.8 Å². The van der Waals surface area contributed by atoms with Gasteiger partial charge in [0.25, 0.3) is 10.0 Å². The van der Waals surface area contributed by atoms with E-state index in [1.807, 2.05) is 5.38 Å². The van der Waals surface area contributed by atoms with Gasteiger partial charge in [-0.3, -0.25) is 4.72 Å². The van der Waals surface area contributed by atoms with E-state index in [2.05, 4.69) is 9.71 Å². The first-order valence-corrected chi connectivity index (χ1v) is 8.54. The molecular formula is C12H14N2O4S2. The highest BCUT2D eigenvalue weighted by Gasteiger charge is 2.27. The Kier molecular flexibility index (Phi) is 3.31. The van der Waals surface area contributed by atoms with E-state index in [1.165, 1.54) is 17.4 Å². The lowest BCUT2D eigenvalue weighted by Gasteiger charge is -2.02. The number of hydrogen-bond acceptors (Lipinski definition) is 6. The summed E-state index contributed by atoms with van der Waals surface area (Å²) in [6, 6.07) is 1.33. The number of aliphatic hydroxyl groups is 1. The van der Waals surface area contributed by atoms with Crippen LogP contribution in [-0.2, 0) is 16.6 Å². The highest BCUT2D eigenvalue weighted by molar-refractivity contribution is 7.93. The molecule has 0 radical (unpaired) electrons. The molecule has 1 fully saturated rings. The van der Waals surface area contributed by atoms with Gasteiger partial charge in [0.2, 0.25) is 0 Å². The van der Waals surface area contributed by atoms with Gasteiger partial charge in [-0.15, -0.1) is 11.3 Å². The normalized spacial score (nSPS) is 15.5. The van der Waals surface area contributed by atoms with E-state index in [0.29, 0.717) is 11.0 Å². The van der Waals surface area contributed by atoms with Crippen molar-refractivity contribution in [2.75, 3.05) is 4.72 Å². The average molecular weight is 314 g/mol. The number of furan rings is 1. The Labute approximate surface area is 120 Å². The van der Waals surface area contributed by atoms with Crippen molar-refractivity contribution in [2.45, 2.75) is 37.2 Å². The van der Waals surface area contributed by atoms with Crippen molar-refractivity contribution in [1.82, 2.24) is 4.98 Å². The van der Waals surface area contributed by atoms with Crippen molar-refractivity contribution in [2.24, 2.45) is 0 Å². The number of nitrogens with zero attached hydrogens (tertiary/aromatic N) is 1. The Balaban J connectivity index is 1.84. The van der Waals surface area contributed by atoms with Gasteiger partial charge in [-0.05, 0) is 19.8 Å². The van der Waals surface area contributed by atoms with Crippen LogP contribution in [0.25, 0.3) is 0 Å². The van der Waals surface area contributed by atoms with E-state index < -0.39 is 10.0 Å². The lowest BCUT2D eigenvalue weighted by Crippen LogP contribution is -2.13. The van der Waals surface area contributed by atoms with Crippen LogP contribution in [0.5, 0.6) is 0 Å². The molecule has 8 heteroatoms. The lowest BCUT2D eigenvalue weighted by molar-refractivity contribution is 0.245. The van der Waals surface area contributed by atoms with Crippen molar-refractivity contribution in [3.05, 3.63) is 28.7 Å². The minimum atomic E-state index is -3.73. The smallest absolute Gasteiger partial charge is 0.267 e. The Morgan fingerprint density at radius 1 is 1.55 bits per heavy atom. The minimum absolute atomic E-state index is 0.0321. The quantitative estimate of drug-likeness (QED) is 0.882. The fraction of sp³-hybridized carbons (Fsp3) is 0.417. The molecule has 0 atom stereocenters. The number of anilines is 1. The molecule has 0 amide bonds. The summed E-state index contributed by atoms with van der Waals surface area (Å²) >= 11 is 1.28. The maximum Gasteiger partial charge on any atom is 0.267 e. The topological polar surface area (TPSA) is 92.4 Å². The van der Waals surface area contributed by atoms with Gasteiger partial charge in [0.1, 0.15) is 23.0 Å². The molecule has 1 saturated carbocycles. The van der Waals surface area contributed by atoms with E-state index >= 15 is 0 Å². The predicted molar refractivity (Wildman–Crippen MR) is 74.3 cm³/mol. The summed E-state index contributed by atoms with van der Waals surface area (Å²) in [5.74, 6) is 0.961. The number of thiazole rings is 1. The van der Waals surface area contributed by atoms with Gasteiger partial charge in [0, 0.05) is 17.4 Å². The third-order valence-electron chi connectivity index (χ3n) is 3.11. The summed E-state index contributed by atoms with van der Waals surface area (Å²) in [4.78, 5) is 4.32. The number of aliphatic hydroxyl groups excluding tert-OH is 1. The number of nitrogens with one attached hydrogen (secondary N) is 1. The lowest BCUT2D eigenvalue weighted by atomic mass is 10.3. The molecule has 2 N–H and O–H groups in total. The van der Waals surface area contributed by atoms with Crippen LogP contribution in [0.2, 0.25) is 0 Å². The largest absolute Gasteiger partial charge is 0.462 e. The van der Waals surface area contributed by atoms with Crippen LogP contribution >= 0.6 is 11.3 Å². The summed E-state index contributed by atoms with van der Waals surface area (Å²) < 4.78 is 32.1. The number of aryl methyl sites for hydroxylation is 1. The predicted octanol–water partition coefficient (Wildman–Crippen LogP) is 2.22. The fourth-order valence-electron chi connectivity index (χ4n) is 1.94. The summed E-state index contributed by atoms with van der Waals surface area (Å²) in [5, 5.41) is 11.2. The first-order chi connectivity index (χ1) is 9.49. The standard InChI is InChI=1S/C12H14N2O4S2/c1-7-11(4-9(5-15)18-7)20(16,17)14-12-13-10(6-19-12)8-2-3-8/h4,6,8,15H,2-3,5H2,1H3,(H,13,14). The number of sulfonamides is 1. The highest BCUT2D eigenvalue weighted by Crippen LogP contribution is 2.41. The average Bonchev–Trinajstić information content (AvgIpc) is 3.02. The van der Waals surface area contributed by atoms with Gasteiger partial charge >= 0.3 is 0 Å². The van der Waals surface area contributed by atoms with Crippen LogP contribution in [0.1, 0.15) is 36.0 Å². The molecule has 20 heavy (non-hydrogen) atoms. The zero-order valence-electron chi connectivity index (χ0n) is 10.8. The molecule has 0 saturated heterocycles. The Morgan fingerprint density at radius 2 is 2.30 bits per heavy atom. The van der Waals surface area contributed by atoms with Crippen molar-refractivity contribution < 1.29 is 17.9 Å². The van der Waals surface area contributed by atoms with E-state index in [4.69, 9.17) is 9.52 Å². The number of hydrogen-bond donors (Lipinski definition) is 2. The highest BCUT2D eigenvalue weighted by atomic mass is 32.2. The summed E-state index contributed by atoms with van der Waals surface area (Å²) in [7, 11) is -3.73. The molecule has 0 unspecified atom stereocenters. The van der Waals surface area contributed by atoms with Crippen LogP contribution in [-0.4, -0.2) is 18.5 Å². The second-order valence-corrected chi connectivity index (χ2v) is 7.26. The van der Waals surface area contributed by atoms with Crippen molar-refractivity contribution >= 4 is 26.5 Å². The SMILES string of the molecule is Cc1oc(CO)cc1S(=O)(=O)Nc1nc(C2CC2)cs1. The minimum Gasteiger partial charge on any atom is -0.462 e. The molecule has 108 valence electrons. The molecule has 3 rings (SSSR count). The Hall–Kier alpha value is -1.38. The molecule has 0 spiro atoms. The van der Waals surface area contributed by atoms with Crippen molar-refractivity contribution in [1.29, 1.82) is 0 Å². The van der Waals surface area contributed by atoms with E-state index in [9.17, 15) is 8.42 Å². The van der Waals surface area contributed by atoms with Gasteiger partial charge in [0.05, 0.1) is 5.69 Å². The molecule has 0 aromatic carbocycles. The van der Waals surface area contributed by atoms with Crippen LogP contribution in [0, 0.1) is 6.92 Å². The second kappa shape index (κ2) is 4.87. The molecule has 2 aromatic heterocycles. The third kappa shape index (κ3) is 2.58. The molecule has 1 aliphatic rings. The molecule has 2 aromatic rings. The molecule has 0 aliphatic heterocycles. The zero-order chi connectivity index (χ0) is 14.3. The zero-order valence-corrected chi connectivity index (χ0v) is 12.4. The number of aromatic nitrogens is 1. The third-order valence-corrected chi connectivity index (χ3v) is 5.46. The van der Waals surface area contributed by atoms with Crippen LogP contribution in [0.3, 0.4) is 0 Å². The first kappa shape index (κ1) is 13.6.